The van der Waals surface area contributed by atoms with Crippen molar-refractivity contribution in [3.63, 3.8) is 0 Å². The second-order valence-corrected chi connectivity index (χ2v) is 11.9. The highest BCUT2D eigenvalue weighted by Gasteiger charge is 2.25. The van der Waals surface area contributed by atoms with Crippen LogP contribution in [0.4, 0.5) is 4.39 Å². The molecule has 0 saturated heterocycles. The van der Waals surface area contributed by atoms with E-state index in [4.69, 9.17) is 4.74 Å². The highest BCUT2D eigenvalue weighted by molar-refractivity contribution is 7.91. The summed E-state index contributed by atoms with van der Waals surface area (Å²) in [7, 11) is -3.27. The van der Waals surface area contributed by atoms with E-state index in [-0.39, 0.29) is 28.7 Å². The Labute approximate surface area is 180 Å². The fraction of sp³-hybridized carbons (Fsp3) is 0.520. The molecule has 1 atom stereocenters. The lowest BCUT2D eigenvalue weighted by Gasteiger charge is -2.21. The topological polar surface area (TPSA) is 43.4 Å². The van der Waals surface area contributed by atoms with Crippen LogP contribution in [0.15, 0.2) is 48.5 Å². The van der Waals surface area contributed by atoms with E-state index in [0.29, 0.717) is 18.9 Å². The Balaban J connectivity index is 1.80. The molecule has 3 rings (SSSR count). The van der Waals surface area contributed by atoms with Crippen molar-refractivity contribution in [2.75, 3.05) is 18.1 Å². The van der Waals surface area contributed by atoms with Crippen LogP contribution in [0.2, 0.25) is 0 Å². The highest BCUT2D eigenvalue weighted by atomic mass is 32.2. The molecule has 1 aliphatic rings. The van der Waals surface area contributed by atoms with E-state index in [2.05, 4.69) is 20.8 Å². The van der Waals surface area contributed by atoms with Crippen LogP contribution in [0.5, 0.6) is 5.75 Å². The molecule has 0 aliphatic heterocycles. The van der Waals surface area contributed by atoms with Gasteiger partial charge >= 0.3 is 0 Å². The monoisotopic (exact) mass is 432 g/mol. The maximum absolute atomic E-state index is 13.5. The molecule has 2 aromatic rings. The molecule has 30 heavy (non-hydrogen) atoms. The standard InChI is InChI=1S/C25H33FO3S/c1-25(2,3)14-5-15-30(27,28)18-24(20-10-12-22(26)13-11-20)21-6-4-7-23(16-21)29-17-19-8-9-19/h4,6-7,10-13,16,19,24H,5,8-9,14-15,17-18H2,1-3H3. The van der Waals surface area contributed by atoms with Crippen LogP contribution in [0.3, 0.4) is 0 Å². The molecule has 5 heteroatoms. The second-order valence-electron chi connectivity index (χ2n) is 9.71. The van der Waals surface area contributed by atoms with E-state index in [9.17, 15) is 12.8 Å². The lowest BCUT2D eigenvalue weighted by atomic mass is 9.91. The van der Waals surface area contributed by atoms with E-state index < -0.39 is 9.84 Å². The van der Waals surface area contributed by atoms with Crippen LogP contribution in [-0.4, -0.2) is 26.5 Å². The van der Waals surface area contributed by atoms with Crippen molar-refractivity contribution >= 4 is 9.84 Å². The third kappa shape index (κ3) is 7.42. The predicted molar refractivity (Wildman–Crippen MR) is 120 cm³/mol. The van der Waals surface area contributed by atoms with E-state index >= 15 is 0 Å². The Morgan fingerprint density at radius 3 is 2.40 bits per heavy atom. The zero-order valence-corrected chi connectivity index (χ0v) is 19.1. The normalized spacial score (nSPS) is 15.7. The smallest absolute Gasteiger partial charge is 0.151 e. The number of halogens is 1. The molecule has 1 aliphatic carbocycles. The summed E-state index contributed by atoms with van der Waals surface area (Å²) in [6.45, 7) is 7.06. The van der Waals surface area contributed by atoms with Gasteiger partial charge in [0, 0.05) is 5.92 Å². The molecule has 2 aromatic carbocycles. The summed E-state index contributed by atoms with van der Waals surface area (Å²) in [5.41, 5.74) is 1.79. The quantitative estimate of drug-likeness (QED) is 0.463. The van der Waals surface area contributed by atoms with Gasteiger partial charge in [-0.25, -0.2) is 12.8 Å². The molecule has 0 bridgehead atoms. The van der Waals surface area contributed by atoms with Crippen LogP contribution in [0.1, 0.15) is 63.5 Å². The van der Waals surface area contributed by atoms with Crippen molar-refractivity contribution < 1.29 is 17.5 Å². The Hall–Kier alpha value is -1.88. The van der Waals surface area contributed by atoms with E-state index in [1.165, 1.54) is 25.0 Å². The number of ether oxygens (including phenoxy) is 1. The SMILES string of the molecule is CC(C)(C)CCCS(=O)(=O)CC(c1ccc(F)cc1)c1cccc(OCC2CC2)c1. The molecule has 0 N–H and O–H groups in total. The molecule has 0 heterocycles. The minimum Gasteiger partial charge on any atom is -0.493 e. The minimum absolute atomic E-state index is 0.00878. The van der Waals surface area contributed by atoms with E-state index in [0.717, 1.165) is 23.3 Å². The Kier molecular flexibility index (Phi) is 7.22. The summed E-state index contributed by atoms with van der Waals surface area (Å²) >= 11 is 0. The molecule has 0 amide bonds. The fourth-order valence-electron chi connectivity index (χ4n) is 3.56. The third-order valence-corrected chi connectivity index (χ3v) is 7.27. The first-order valence-electron chi connectivity index (χ1n) is 10.8. The average Bonchev–Trinajstić information content (AvgIpc) is 3.49. The largest absolute Gasteiger partial charge is 0.493 e. The molecule has 0 spiro atoms. The predicted octanol–water partition coefficient (Wildman–Crippen LogP) is 5.99. The van der Waals surface area contributed by atoms with Gasteiger partial charge in [-0.15, -0.1) is 0 Å². The zero-order chi connectivity index (χ0) is 21.8. The van der Waals surface area contributed by atoms with Gasteiger partial charge in [0.1, 0.15) is 11.6 Å². The maximum atomic E-state index is 13.5. The molecular formula is C25H33FO3S. The van der Waals surface area contributed by atoms with Gasteiger partial charge in [-0.3, -0.25) is 0 Å². The summed E-state index contributed by atoms with van der Waals surface area (Å²) in [6.07, 6.45) is 3.93. The van der Waals surface area contributed by atoms with Crippen LogP contribution >= 0.6 is 0 Å². The number of hydrogen-bond donors (Lipinski definition) is 0. The van der Waals surface area contributed by atoms with Gasteiger partial charge in [0.15, 0.2) is 9.84 Å². The molecular weight excluding hydrogens is 399 g/mol. The summed E-state index contributed by atoms with van der Waals surface area (Å²) < 4.78 is 45.3. The van der Waals surface area contributed by atoms with Gasteiger partial charge in [0.25, 0.3) is 0 Å². The van der Waals surface area contributed by atoms with Gasteiger partial charge in [-0.2, -0.15) is 0 Å². The van der Waals surface area contributed by atoms with Gasteiger partial charge in [-0.05, 0) is 72.4 Å². The van der Waals surface area contributed by atoms with Crippen molar-refractivity contribution in [2.24, 2.45) is 11.3 Å². The molecule has 1 fully saturated rings. The summed E-state index contributed by atoms with van der Waals surface area (Å²) in [5, 5.41) is 0. The van der Waals surface area contributed by atoms with Crippen molar-refractivity contribution in [1.29, 1.82) is 0 Å². The lowest BCUT2D eigenvalue weighted by molar-refractivity contribution is 0.299. The summed E-state index contributed by atoms with van der Waals surface area (Å²) in [5.74, 6) is 0.900. The van der Waals surface area contributed by atoms with Crippen LogP contribution in [0.25, 0.3) is 0 Å². The maximum Gasteiger partial charge on any atom is 0.151 e. The third-order valence-electron chi connectivity index (χ3n) is 5.52. The molecule has 164 valence electrons. The number of benzene rings is 2. The van der Waals surface area contributed by atoms with Crippen molar-refractivity contribution in [3.05, 3.63) is 65.5 Å². The van der Waals surface area contributed by atoms with Crippen LogP contribution in [0, 0.1) is 17.2 Å². The van der Waals surface area contributed by atoms with Gasteiger partial charge < -0.3 is 4.74 Å². The zero-order valence-electron chi connectivity index (χ0n) is 18.2. The Morgan fingerprint density at radius 2 is 1.77 bits per heavy atom. The first-order valence-corrected chi connectivity index (χ1v) is 12.6. The van der Waals surface area contributed by atoms with Gasteiger partial charge in [0.05, 0.1) is 18.1 Å². The molecule has 1 saturated carbocycles. The second kappa shape index (κ2) is 9.51. The van der Waals surface area contributed by atoms with Crippen molar-refractivity contribution in [2.45, 2.75) is 52.4 Å². The Morgan fingerprint density at radius 1 is 1.07 bits per heavy atom. The summed E-state index contributed by atoms with van der Waals surface area (Å²) in [4.78, 5) is 0. The minimum atomic E-state index is -3.27. The fourth-order valence-corrected chi connectivity index (χ4v) is 5.20. The lowest BCUT2D eigenvalue weighted by Crippen LogP contribution is -2.20. The van der Waals surface area contributed by atoms with Crippen molar-refractivity contribution in [3.8, 4) is 5.75 Å². The molecule has 3 nitrogen and oxygen atoms in total. The molecule has 1 unspecified atom stereocenters. The Bertz CT molecular complexity index is 926. The summed E-state index contributed by atoms with van der Waals surface area (Å²) in [6, 6.07) is 13.8. The van der Waals surface area contributed by atoms with E-state index in [1.54, 1.807) is 12.1 Å². The number of hydrogen-bond acceptors (Lipinski definition) is 3. The van der Waals surface area contributed by atoms with Crippen LogP contribution < -0.4 is 4.74 Å². The van der Waals surface area contributed by atoms with Gasteiger partial charge in [-0.1, -0.05) is 45.0 Å². The van der Waals surface area contributed by atoms with E-state index in [1.807, 2.05) is 24.3 Å². The van der Waals surface area contributed by atoms with Gasteiger partial charge in [0.2, 0.25) is 0 Å². The first-order chi connectivity index (χ1) is 14.1. The van der Waals surface area contributed by atoms with Crippen molar-refractivity contribution in [1.82, 2.24) is 0 Å². The first kappa shape index (κ1) is 22.8. The van der Waals surface area contributed by atoms with Crippen LogP contribution in [-0.2, 0) is 9.84 Å². The highest BCUT2D eigenvalue weighted by Crippen LogP contribution is 2.32. The number of sulfone groups is 1. The average molecular weight is 433 g/mol. The molecule has 0 aromatic heterocycles. The number of rotatable bonds is 10. The molecule has 0 radical (unpaired) electrons.